The van der Waals surface area contributed by atoms with Crippen LogP contribution in [-0.2, 0) is 17.1 Å². The van der Waals surface area contributed by atoms with Gasteiger partial charge in [0.1, 0.15) is 12.1 Å². The second-order valence-corrected chi connectivity index (χ2v) is 8.08. The van der Waals surface area contributed by atoms with Gasteiger partial charge in [0.25, 0.3) is 10.0 Å². The number of nitrogens with one attached hydrogen (secondary N) is 1. The molecule has 1 aromatic heterocycles. The Bertz CT molecular complexity index is 968. The summed E-state index contributed by atoms with van der Waals surface area (Å²) in [6, 6.07) is 13.4. The maximum atomic E-state index is 12.5. The summed E-state index contributed by atoms with van der Waals surface area (Å²) in [6.07, 6.45) is 1.63. The van der Waals surface area contributed by atoms with Crippen LogP contribution in [0.5, 0.6) is 5.75 Å². The van der Waals surface area contributed by atoms with Crippen molar-refractivity contribution in [3.63, 3.8) is 0 Å². The van der Waals surface area contributed by atoms with Crippen LogP contribution in [0.2, 0.25) is 0 Å². The van der Waals surface area contributed by atoms with Crippen LogP contribution in [0.15, 0.2) is 69.8 Å². The van der Waals surface area contributed by atoms with E-state index in [1.54, 1.807) is 30.6 Å². The number of aryl methyl sites for hydroxylation is 1. The van der Waals surface area contributed by atoms with Crippen LogP contribution in [-0.4, -0.2) is 29.8 Å². The summed E-state index contributed by atoms with van der Waals surface area (Å²) in [5.74, 6) is 0.636. The number of aromatic nitrogens is 3. The van der Waals surface area contributed by atoms with Crippen LogP contribution < -0.4 is 9.46 Å². The summed E-state index contributed by atoms with van der Waals surface area (Å²) in [5.41, 5.74) is 0.487. The van der Waals surface area contributed by atoms with Crippen molar-refractivity contribution >= 4 is 27.5 Å². The Labute approximate surface area is 156 Å². The molecule has 1 N–H and O–H groups in total. The lowest BCUT2D eigenvalue weighted by Gasteiger charge is -2.09. The van der Waals surface area contributed by atoms with E-state index in [1.165, 1.54) is 23.9 Å². The van der Waals surface area contributed by atoms with E-state index < -0.39 is 10.0 Å². The minimum Gasteiger partial charge on any atom is -0.494 e. The van der Waals surface area contributed by atoms with Gasteiger partial charge in [-0.25, -0.2) is 8.42 Å². The summed E-state index contributed by atoms with van der Waals surface area (Å²) in [4.78, 5) is 1.11. The van der Waals surface area contributed by atoms with E-state index in [1.807, 2.05) is 30.7 Å². The topological polar surface area (TPSA) is 86.1 Å². The van der Waals surface area contributed by atoms with Crippen molar-refractivity contribution in [2.45, 2.75) is 21.9 Å². The van der Waals surface area contributed by atoms with Gasteiger partial charge in [-0.2, -0.15) is 0 Å². The molecule has 0 atom stereocenters. The SMILES string of the molecule is CCOc1ccc(S(=O)(=O)Nc2ccc(Sc3nncn3C)cc2)cc1. The number of ether oxygens (including phenoxy) is 1. The second-order valence-electron chi connectivity index (χ2n) is 5.36. The molecule has 7 nitrogen and oxygen atoms in total. The van der Waals surface area contributed by atoms with E-state index in [0.717, 1.165) is 10.1 Å². The van der Waals surface area contributed by atoms with E-state index in [0.29, 0.717) is 18.0 Å². The molecular weight excluding hydrogens is 372 g/mol. The fourth-order valence-corrected chi connectivity index (χ4v) is 3.98. The molecule has 0 radical (unpaired) electrons. The van der Waals surface area contributed by atoms with Crippen LogP contribution >= 0.6 is 11.8 Å². The van der Waals surface area contributed by atoms with E-state index in [9.17, 15) is 8.42 Å². The lowest BCUT2D eigenvalue weighted by molar-refractivity contribution is 0.340. The van der Waals surface area contributed by atoms with Gasteiger partial charge in [0, 0.05) is 17.6 Å². The van der Waals surface area contributed by atoms with E-state index in [-0.39, 0.29) is 4.90 Å². The standard InChI is InChI=1S/C17H18N4O3S2/c1-3-24-14-6-10-16(11-7-14)26(22,23)20-13-4-8-15(9-5-13)25-17-19-18-12-21(17)2/h4-12,20H,3H2,1-2H3. The monoisotopic (exact) mass is 390 g/mol. The number of sulfonamides is 1. The predicted octanol–water partition coefficient (Wildman–Crippen LogP) is 3.17. The van der Waals surface area contributed by atoms with Crippen molar-refractivity contribution in [1.29, 1.82) is 0 Å². The average Bonchev–Trinajstić information content (AvgIpc) is 3.02. The number of nitrogens with zero attached hydrogens (tertiary/aromatic N) is 3. The molecule has 2 aromatic carbocycles. The summed E-state index contributed by atoms with van der Waals surface area (Å²) >= 11 is 1.45. The molecule has 0 saturated heterocycles. The highest BCUT2D eigenvalue weighted by molar-refractivity contribution is 7.99. The zero-order chi connectivity index (χ0) is 18.6. The van der Waals surface area contributed by atoms with Crippen LogP contribution in [0, 0.1) is 0 Å². The summed E-state index contributed by atoms with van der Waals surface area (Å²) in [6.45, 7) is 2.40. The van der Waals surface area contributed by atoms with Gasteiger partial charge in [0.15, 0.2) is 5.16 Å². The van der Waals surface area contributed by atoms with Gasteiger partial charge in [0.05, 0.1) is 11.5 Å². The van der Waals surface area contributed by atoms with Gasteiger partial charge in [-0.15, -0.1) is 10.2 Å². The van der Waals surface area contributed by atoms with Gasteiger partial charge in [-0.3, -0.25) is 4.72 Å². The Morgan fingerprint density at radius 3 is 2.38 bits per heavy atom. The molecule has 0 bridgehead atoms. The van der Waals surface area contributed by atoms with Crippen molar-refractivity contribution in [2.24, 2.45) is 7.05 Å². The first-order chi connectivity index (χ1) is 12.5. The third-order valence-corrected chi connectivity index (χ3v) is 5.89. The first kappa shape index (κ1) is 18.3. The molecular formula is C17H18N4O3S2. The molecule has 9 heteroatoms. The first-order valence-corrected chi connectivity index (χ1v) is 10.2. The summed E-state index contributed by atoms with van der Waals surface area (Å²) in [7, 11) is -1.79. The smallest absolute Gasteiger partial charge is 0.261 e. The normalized spacial score (nSPS) is 11.3. The quantitative estimate of drug-likeness (QED) is 0.667. The molecule has 0 amide bonds. The summed E-state index contributed by atoms with van der Waals surface area (Å²) < 4.78 is 34.7. The predicted molar refractivity (Wildman–Crippen MR) is 100.0 cm³/mol. The molecule has 136 valence electrons. The fraction of sp³-hybridized carbons (Fsp3) is 0.176. The zero-order valence-corrected chi connectivity index (χ0v) is 15.9. The lowest BCUT2D eigenvalue weighted by Crippen LogP contribution is -2.12. The van der Waals surface area contributed by atoms with Crippen molar-refractivity contribution < 1.29 is 13.2 Å². The number of rotatable bonds is 7. The fourth-order valence-electron chi connectivity index (χ4n) is 2.16. The molecule has 26 heavy (non-hydrogen) atoms. The molecule has 0 aliphatic heterocycles. The molecule has 0 saturated carbocycles. The Balaban J connectivity index is 1.70. The van der Waals surface area contributed by atoms with Gasteiger partial charge < -0.3 is 9.30 Å². The van der Waals surface area contributed by atoms with Crippen LogP contribution in [0.3, 0.4) is 0 Å². The highest BCUT2D eigenvalue weighted by Crippen LogP contribution is 2.27. The van der Waals surface area contributed by atoms with Crippen molar-refractivity contribution in [2.75, 3.05) is 11.3 Å². The molecule has 0 fully saturated rings. The number of hydrogen-bond donors (Lipinski definition) is 1. The molecule has 0 spiro atoms. The van der Waals surface area contributed by atoms with Gasteiger partial charge in [0.2, 0.25) is 0 Å². The molecule has 0 aliphatic carbocycles. The first-order valence-electron chi connectivity index (χ1n) is 7.85. The van der Waals surface area contributed by atoms with Crippen molar-refractivity contribution in [1.82, 2.24) is 14.8 Å². The largest absolute Gasteiger partial charge is 0.494 e. The van der Waals surface area contributed by atoms with Crippen LogP contribution in [0.1, 0.15) is 6.92 Å². The minimum absolute atomic E-state index is 0.179. The van der Waals surface area contributed by atoms with Crippen molar-refractivity contribution in [3.8, 4) is 5.75 Å². The highest BCUT2D eigenvalue weighted by Gasteiger charge is 2.14. The van der Waals surface area contributed by atoms with E-state index >= 15 is 0 Å². The lowest BCUT2D eigenvalue weighted by atomic mass is 10.3. The molecule has 1 heterocycles. The Kier molecular flexibility index (Phi) is 5.48. The van der Waals surface area contributed by atoms with E-state index in [4.69, 9.17) is 4.74 Å². The Morgan fingerprint density at radius 2 is 1.81 bits per heavy atom. The molecule has 0 aliphatic rings. The Morgan fingerprint density at radius 1 is 1.12 bits per heavy atom. The maximum absolute atomic E-state index is 12.5. The molecule has 3 rings (SSSR count). The summed E-state index contributed by atoms with van der Waals surface area (Å²) in [5, 5.41) is 8.59. The van der Waals surface area contributed by atoms with Crippen molar-refractivity contribution in [3.05, 3.63) is 54.9 Å². The molecule has 0 unspecified atom stereocenters. The maximum Gasteiger partial charge on any atom is 0.261 e. The van der Waals surface area contributed by atoms with Gasteiger partial charge >= 0.3 is 0 Å². The average molecular weight is 390 g/mol. The highest BCUT2D eigenvalue weighted by atomic mass is 32.2. The molecule has 3 aromatic rings. The Hall–Kier alpha value is -2.52. The van der Waals surface area contributed by atoms with Crippen LogP contribution in [0.25, 0.3) is 0 Å². The van der Waals surface area contributed by atoms with Gasteiger partial charge in [-0.05, 0) is 67.2 Å². The van der Waals surface area contributed by atoms with E-state index in [2.05, 4.69) is 14.9 Å². The number of benzene rings is 2. The number of hydrogen-bond acceptors (Lipinski definition) is 6. The number of anilines is 1. The second kappa shape index (κ2) is 7.79. The van der Waals surface area contributed by atoms with Crippen LogP contribution in [0.4, 0.5) is 5.69 Å². The third-order valence-electron chi connectivity index (χ3n) is 3.43. The van der Waals surface area contributed by atoms with Gasteiger partial charge in [-0.1, -0.05) is 0 Å². The minimum atomic E-state index is -3.65. The third kappa shape index (κ3) is 4.36. The zero-order valence-electron chi connectivity index (χ0n) is 14.3.